The van der Waals surface area contributed by atoms with Crippen LogP contribution in [0.3, 0.4) is 0 Å². The smallest absolute Gasteiger partial charge is 0.337 e. The van der Waals surface area contributed by atoms with E-state index < -0.39 is 12.0 Å². The Morgan fingerprint density at radius 1 is 1.33 bits per heavy atom. The molecule has 0 aliphatic rings. The van der Waals surface area contributed by atoms with Crippen LogP contribution in [0.4, 0.5) is 11.4 Å². The Balaban J connectivity index is 2.72. The number of carbonyl (C=O) groups is 2. The fraction of sp³-hybridized carbons (Fsp3) is 0.429. The van der Waals surface area contributed by atoms with E-state index in [0.29, 0.717) is 30.1 Å². The second-order valence-corrected chi connectivity index (χ2v) is 4.44. The molecule has 1 amide bonds. The Kier molecular flexibility index (Phi) is 6.48. The van der Waals surface area contributed by atoms with Crippen molar-refractivity contribution in [3.05, 3.63) is 23.8 Å². The fourth-order valence-corrected chi connectivity index (χ4v) is 1.65. The van der Waals surface area contributed by atoms with Gasteiger partial charge in [0.2, 0.25) is 5.91 Å². The standard InChI is InChI=1S/C14H21N3O4/c1-9(13(18)16-6-7-20-2)17-12-8-10(14(19)21-3)4-5-11(12)15/h4-5,8-9,17H,6-7,15H2,1-3H3,(H,16,18). The van der Waals surface area contributed by atoms with E-state index in [0.717, 1.165) is 0 Å². The van der Waals surface area contributed by atoms with E-state index >= 15 is 0 Å². The van der Waals surface area contributed by atoms with Gasteiger partial charge in [-0.3, -0.25) is 4.79 Å². The molecule has 7 heteroatoms. The van der Waals surface area contributed by atoms with Crippen molar-refractivity contribution in [2.24, 2.45) is 0 Å². The molecule has 0 heterocycles. The number of rotatable bonds is 7. The van der Waals surface area contributed by atoms with Gasteiger partial charge in [0.15, 0.2) is 0 Å². The molecule has 1 rings (SSSR count). The van der Waals surface area contributed by atoms with E-state index in [2.05, 4.69) is 15.4 Å². The van der Waals surface area contributed by atoms with Gasteiger partial charge in [-0.05, 0) is 25.1 Å². The predicted octanol–water partition coefficient (Wildman–Crippen LogP) is 0.618. The minimum absolute atomic E-state index is 0.185. The Hall–Kier alpha value is -2.28. The molecule has 0 saturated carbocycles. The lowest BCUT2D eigenvalue weighted by Gasteiger charge is -2.17. The average molecular weight is 295 g/mol. The normalized spacial score (nSPS) is 11.6. The van der Waals surface area contributed by atoms with Crippen LogP contribution < -0.4 is 16.4 Å². The number of ether oxygens (including phenoxy) is 2. The summed E-state index contributed by atoms with van der Waals surface area (Å²) in [4.78, 5) is 23.3. The van der Waals surface area contributed by atoms with Gasteiger partial charge >= 0.3 is 5.97 Å². The number of hydrogen-bond acceptors (Lipinski definition) is 6. The molecule has 21 heavy (non-hydrogen) atoms. The molecule has 0 bridgehead atoms. The number of methoxy groups -OCH3 is 2. The zero-order valence-electron chi connectivity index (χ0n) is 12.4. The quantitative estimate of drug-likeness (QED) is 0.387. The lowest BCUT2D eigenvalue weighted by Crippen LogP contribution is -2.39. The van der Waals surface area contributed by atoms with Crippen LogP contribution in [-0.2, 0) is 14.3 Å². The van der Waals surface area contributed by atoms with Crippen molar-refractivity contribution in [2.75, 3.05) is 38.4 Å². The zero-order valence-corrected chi connectivity index (χ0v) is 12.4. The molecule has 0 spiro atoms. The number of amides is 1. The molecule has 1 atom stereocenters. The number of anilines is 2. The summed E-state index contributed by atoms with van der Waals surface area (Å²) in [6.45, 7) is 2.57. The van der Waals surface area contributed by atoms with Gasteiger partial charge in [0.05, 0.1) is 30.7 Å². The van der Waals surface area contributed by atoms with Crippen LogP contribution in [0.5, 0.6) is 0 Å². The van der Waals surface area contributed by atoms with Crippen molar-refractivity contribution in [2.45, 2.75) is 13.0 Å². The maximum absolute atomic E-state index is 11.8. The van der Waals surface area contributed by atoms with Crippen molar-refractivity contribution >= 4 is 23.3 Å². The van der Waals surface area contributed by atoms with Gasteiger partial charge in [-0.2, -0.15) is 0 Å². The Morgan fingerprint density at radius 2 is 2.05 bits per heavy atom. The number of nitrogen functional groups attached to an aromatic ring is 1. The second-order valence-electron chi connectivity index (χ2n) is 4.44. The van der Waals surface area contributed by atoms with Crippen LogP contribution in [0.2, 0.25) is 0 Å². The molecular weight excluding hydrogens is 274 g/mol. The zero-order chi connectivity index (χ0) is 15.8. The highest BCUT2D eigenvalue weighted by Crippen LogP contribution is 2.21. The first kappa shape index (κ1) is 16.8. The summed E-state index contributed by atoms with van der Waals surface area (Å²) in [5, 5.41) is 5.68. The third-order valence-corrected chi connectivity index (χ3v) is 2.85. The Bertz CT molecular complexity index is 505. The van der Waals surface area contributed by atoms with Crippen molar-refractivity contribution in [1.82, 2.24) is 5.32 Å². The van der Waals surface area contributed by atoms with E-state index in [4.69, 9.17) is 10.5 Å². The van der Waals surface area contributed by atoms with Crippen molar-refractivity contribution in [3.63, 3.8) is 0 Å². The molecule has 0 radical (unpaired) electrons. The van der Waals surface area contributed by atoms with E-state index in [1.54, 1.807) is 32.2 Å². The van der Waals surface area contributed by atoms with Gasteiger partial charge in [0.25, 0.3) is 0 Å². The molecule has 0 aliphatic heterocycles. The fourth-order valence-electron chi connectivity index (χ4n) is 1.65. The molecule has 0 fully saturated rings. The highest BCUT2D eigenvalue weighted by atomic mass is 16.5. The second kappa shape index (κ2) is 8.11. The summed E-state index contributed by atoms with van der Waals surface area (Å²) in [6.07, 6.45) is 0. The third kappa shape index (κ3) is 4.96. The van der Waals surface area contributed by atoms with Crippen LogP contribution in [0, 0.1) is 0 Å². The highest BCUT2D eigenvalue weighted by Gasteiger charge is 2.15. The monoisotopic (exact) mass is 295 g/mol. The van der Waals surface area contributed by atoms with Crippen molar-refractivity contribution < 1.29 is 19.1 Å². The van der Waals surface area contributed by atoms with Crippen LogP contribution in [0.15, 0.2) is 18.2 Å². The molecule has 1 aromatic rings. The highest BCUT2D eigenvalue weighted by molar-refractivity contribution is 5.92. The Labute approximate surface area is 123 Å². The molecule has 0 saturated heterocycles. The van der Waals surface area contributed by atoms with E-state index in [-0.39, 0.29) is 5.91 Å². The first-order valence-electron chi connectivity index (χ1n) is 6.50. The molecule has 0 aliphatic carbocycles. The van der Waals surface area contributed by atoms with Crippen LogP contribution >= 0.6 is 0 Å². The first-order valence-corrected chi connectivity index (χ1v) is 6.50. The summed E-state index contributed by atoms with van der Waals surface area (Å²) in [5.41, 5.74) is 7.15. The number of esters is 1. The van der Waals surface area contributed by atoms with Crippen molar-refractivity contribution in [3.8, 4) is 0 Å². The van der Waals surface area contributed by atoms with Crippen molar-refractivity contribution in [1.29, 1.82) is 0 Å². The average Bonchev–Trinajstić information content (AvgIpc) is 2.48. The summed E-state index contributed by atoms with van der Waals surface area (Å²) in [5.74, 6) is -0.648. The molecule has 7 nitrogen and oxygen atoms in total. The maximum atomic E-state index is 11.8. The van der Waals surface area contributed by atoms with Gasteiger partial charge in [-0.1, -0.05) is 0 Å². The summed E-state index contributed by atoms with van der Waals surface area (Å²) in [7, 11) is 2.87. The molecular formula is C14H21N3O4. The van der Waals surface area contributed by atoms with Gasteiger partial charge in [-0.15, -0.1) is 0 Å². The van der Waals surface area contributed by atoms with Crippen LogP contribution in [0.25, 0.3) is 0 Å². The summed E-state index contributed by atoms with van der Waals surface area (Å²) < 4.78 is 9.51. The Morgan fingerprint density at radius 3 is 2.67 bits per heavy atom. The van der Waals surface area contributed by atoms with Crippen LogP contribution in [0.1, 0.15) is 17.3 Å². The van der Waals surface area contributed by atoms with E-state index in [9.17, 15) is 9.59 Å². The number of nitrogens with one attached hydrogen (secondary N) is 2. The van der Waals surface area contributed by atoms with E-state index in [1.165, 1.54) is 7.11 Å². The van der Waals surface area contributed by atoms with Gasteiger partial charge in [-0.25, -0.2) is 4.79 Å². The molecule has 1 unspecified atom stereocenters. The number of benzene rings is 1. The third-order valence-electron chi connectivity index (χ3n) is 2.85. The lowest BCUT2D eigenvalue weighted by molar-refractivity contribution is -0.121. The molecule has 116 valence electrons. The minimum Gasteiger partial charge on any atom is -0.465 e. The number of nitrogens with two attached hydrogens (primary N) is 1. The molecule has 0 aromatic heterocycles. The molecule has 4 N–H and O–H groups in total. The predicted molar refractivity (Wildman–Crippen MR) is 80.2 cm³/mol. The summed E-state index contributed by atoms with van der Waals surface area (Å²) in [6, 6.07) is 4.21. The van der Waals surface area contributed by atoms with Gasteiger partial charge < -0.3 is 25.8 Å². The lowest BCUT2D eigenvalue weighted by atomic mass is 10.1. The first-order chi connectivity index (χ1) is 9.99. The molecule has 1 aromatic carbocycles. The maximum Gasteiger partial charge on any atom is 0.337 e. The van der Waals surface area contributed by atoms with E-state index in [1.807, 2.05) is 0 Å². The largest absolute Gasteiger partial charge is 0.465 e. The van der Waals surface area contributed by atoms with Crippen LogP contribution in [-0.4, -0.2) is 45.3 Å². The number of hydrogen-bond donors (Lipinski definition) is 3. The topological polar surface area (TPSA) is 103 Å². The SMILES string of the molecule is COCCNC(=O)C(C)Nc1cc(C(=O)OC)ccc1N. The van der Waals surface area contributed by atoms with Gasteiger partial charge in [0, 0.05) is 13.7 Å². The van der Waals surface area contributed by atoms with Gasteiger partial charge in [0.1, 0.15) is 6.04 Å². The number of carbonyl (C=O) groups excluding carboxylic acids is 2. The minimum atomic E-state index is -0.503. The summed E-state index contributed by atoms with van der Waals surface area (Å²) >= 11 is 0.